The summed E-state index contributed by atoms with van der Waals surface area (Å²) in [6, 6.07) is 6.16. The van der Waals surface area contributed by atoms with Crippen molar-refractivity contribution in [1.29, 1.82) is 0 Å². The first-order valence-corrected chi connectivity index (χ1v) is 9.82. The van der Waals surface area contributed by atoms with Crippen molar-refractivity contribution in [3.63, 3.8) is 0 Å². The third-order valence-corrected chi connectivity index (χ3v) is 6.28. The summed E-state index contributed by atoms with van der Waals surface area (Å²) in [6.07, 6.45) is 5.55. The maximum atomic E-state index is 13.2. The highest BCUT2D eigenvalue weighted by molar-refractivity contribution is 5.79. The van der Waals surface area contributed by atoms with E-state index in [4.69, 9.17) is 15.2 Å². The number of methoxy groups -OCH3 is 2. The smallest absolute Gasteiger partial charge is 0.225 e. The number of amides is 1. The van der Waals surface area contributed by atoms with E-state index >= 15 is 0 Å². The van der Waals surface area contributed by atoms with Gasteiger partial charge in [-0.2, -0.15) is 0 Å². The van der Waals surface area contributed by atoms with E-state index in [1.165, 1.54) is 19.3 Å². The molecule has 1 amide bonds. The maximum Gasteiger partial charge on any atom is 0.225 e. The fourth-order valence-corrected chi connectivity index (χ4v) is 4.79. The minimum absolute atomic E-state index is 0.130. The van der Waals surface area contributed by atoms with E-state index in [9.17, 15) is 4.79 Å². The van der Waals surface area contributed by atoms with E-state index in [1.807, 2.05) is 30.0 Å². The molecule has 0 aliphatic heterocycles. The van der Waals surface area contributed by atoms with Gasteiger partial charge >= 0.3 is 0 Å². The summed E-state index contributed by atoms with van der Waals surface area (Å²) in [5.41, 5.74) is 7.45. The predicted molar refractivity (Wildman–Crippen MR) is 102 cm³/mol. The van der Waals surface area contributed by atoms with Crippen LogP contribution in [0.1, 0.15) is 44.6 Å². The molecule has 0 aromatic heterocycles. The second kappa shape index (κ2) is 8.30. The van der Waals surface area contributed by atoms with Gasteiger partial charge in [0, 0.05) is 25.0 Å². The van der Waals surface area contributed by atoms with E-state index in [-0.39, 0.29) is 11.8 Å². The Morgan fingerprint density at radius 2 is 1.81 bits per heavy atom. The molecule has 2 aliphatic carbocycles. The summed E-state index contributed by atoms with van der Waals surface area (Å²) in [5.74, 6) is 2.87. The Hall–Kier alpha value is -1.75. The van der Waals surface area contributed by atoms with Crippen LogP contribution in [0.4, 0.5) is 0 Å². The molecule has 2 saturated carbocycles. The molecular weight excluding hydrogens is 328 g/mol. The first-order valence-electron chi connectivity index (χ1n) is 9.82. The summed E-state index contributed by atoms with van der Waals surface area (Å²) >= 11 is 0. The number of benzene rings is 1. The molecule has 2 aliphatic rings. The standard InChI is InChI=1S/C21H32N2O3/c1-4-23(13-14-8-9-18(25-2)19(10-14)26-3)21(24)17-11-15-6-5-7-16(12-17)20(15)22/h8-10,15-17,20H,4-7,11-13,22H2,1-3H3. The Morgan fingerprint density at radius 3 is 2.38 bits per heavy atom. The van der Waals surface area contributed by atoms with Crippen LogP contribution in [-0.4, -0.2) is 37.6 Å². The van der Waals surface area contributed by atoms with Gasteiger partial charge in [-0.25, -0.2) is 0 Å². The van der Waals surface area contributed by atoms with Crippen LogP contribution in [0.2, 0.25) is 0 Å². The highest BCUT2D eigenvalue weighted by Crippen LogP contribution is 2.42. The van der Waals surface area contributed by atoms with E-state index < -0.39 is 0 Å². The molecule has 0 heterocycles. The lowest BCUT2D eigenvalue weighted by molar-refractivity contribution is -0.139. The zero-order valence-electron chi connectivity index (χ0n) is 16.2. The number of fused-ring (bicyclic) bond motifs is 2. The molecule has 5 nitrogen and oxygen atoms in total. The Balaban J connectivity index is 1.69. The fourth-order valence-electron chi connectivity index (χ4n) is 4.79. The van der Waals surface area contributed by atoms with Crippen LogP contribution in [0, 0.1) is 17.8 Å². The van der Waals surface area contributed by atoms with Gasteiger partial charge in [0.05, 0.1) is 14.2 Å². The lowest BCUT2D eigenvalue weighted by Gasteiger charge is -2.44. The zero-order chi connectivity index (χ0) is 18.7. The predicted octanol–water partition coefficient (Wildman–Crippen LogP) is 3.21. The molecule has 2 atom stereocenters. The van der Waals surface area contributed by atoms with E-state index in [0.29, 0.717) is 42.5 Å². The number of ether oxygens (including phenoxy) is 2. The Labute approximate surface area is 156 Å². The van der Waals surface area contributed by atoms with Gasteiger partial charge in [0.2, 0.25) is 5.91 Å². The monoisotopic (exact) mass is 360 g/mol. The number of rotatable bonds is 6. The van der Waals surface area contributed by atoms with Crippen LogP contribution in [0.15, 0.2) is 18.2 Å². The van der Waals surface area contributed by atoms with Crippen LogP contribution in [-0.2, 0) is 11.3 Å². The minimum atomic E-state index is 0.130. The molecular formula is C21H32N2O3. The quantitative estimate of drug-likeness (QED) is 0.846. The molecule has 3 rings (SSSR count). The molecule has 2 bridgehead atoms. The van der Waals surface area contributed by atoms with Crippen LogP contribution in [0.3, 0.4) is 0 Å². The fraction of sp³-hybridized carbons (Fsp3) is 0.667. The van der Waals surface area contributed by atoms with E-state index in [0.717, 1.165) is 18.4 Å². The number of carbonyl (C=O) groups excluding carboxylic acids is 1. The Bertz CT molecular complexity index is 620. The molecule has 5 heteroatoms. The average Bonchev–Trinajstić information content (AvgIpc) is 2.65. The highest BCUT2D eigenvalue weighted by Gasteiger charge is 2.41. The molecule has 2 unspecified atom stereocenters. The van der Waals surface area contributed by atoms with E-state index in [1.54, 1.807) is 14.2 Å². The minimum Gasteiger partial charge on any atom is -0.493 e. The number of nitrogens with zero attached hydrogens (tertiary/aromatic N) is 1. The van der Waals surface area contributed by atoms with Crippen LogP contribution >= 0.6 is 0 Å². The number of carbonyl (C=O) groups is 1. The van der Waals surface area contributed by atoms with Crippen molar-refractivity contribution in [3.8, 4) is 11.5 Å². The topological polar surface area (TPSA) is 64.8 Å². The molecule has 2 fully saturated rings. The maximum absolute atomic E-state index is 13.2. The summed E-state index contributed by atoms with van der Waals surface area (Å²) in [5, 5.41) is 0. The summed E-state index contributed by atoms with van der Waals surface area (Å²) in [4.78, 5) is 15.1. The molecule has 0 saturated heterocycles. The largest absolute Gasteiger partial charge is 0.493 e. The highest BCUT2D eigenvalue weighted by atomic mass is 16.5. The molecule has 1 aromatic carbocycles. The molecule has 2 N–H and O–H groups in total. The zero-order valence-corrected chi connectivity index (χ0v) is 16.2. The van der Waals surface area contributed by atoms with Crippen molar-refractivity contribution in [2.24, 2.45) is 23.5 Å². The van der Waals surface area contributed by atoms with Crippen LogP contribution in [0.5, 0.6) is 11.5 Å². The second-order valence-corrected chi connectivity index (χ2v) is 7.74. The van der Waals surface area contributed by atoms with Crippen molar-refractivity contribution in [2.75, 3.05) is 20.8 Å². The Kier molecular flexibility index (Phi) is 6.07. The lowest BCUT2D eigenvalue weighted by atomic mass is 9.65. The molecule has 1 aromatic rings. The third-order valence-electron chi connectivity index (χ3n) is 6.28. The normalized spacial score (nSPS) is 27.7. The summed E-state index contributed by atoms with van der Waals surface area (Å²) in [6.45, 7) is 3.37. The lowest BCUT2D eigenvalue weighted by Crippen LogP contribution is -2.49. The molecule has 0 spiro atoms. The van der Waals surface area contributed by atoms with Gasteiger partial charge in [-0.3, -0.25) is 4.79 Å². The van der Waals surface area contributed by atoms with E-state index in [2.05, 4.69) is 0 Å². The van der Waals surface area contributed by atoms with Gasteiger partial charge in [-0.1, -0.05) is 12.5 Å². The van der Waals surface area contributed by atoms with Crippen molar-refractivity contribution in [1.82, 2.24) is 4.90 Å². The van der Waals surface area contributed by atoms with Gasteiger partial charge in [-0.15, -0.1) is 0 Å². The van der Waals surface area contributed by atoms with Crippen LogP contribution in [0.25, 0.3) is 0 Å². The first kappa shape index (κ1) is 19.0. The molecule has 26 heavy (non-hydrogen) atoms. The van der Waals surface area contributed by atoms with Gasteiger partial charge in [0.1, 0.15) is 0 Å². The van der Waals surface area contributed by atoms with Crippen molar-refractivity contribution in [3.05, 3.63) is 23.8 Å². The Morgan fingerprint density at radius 1 is 1.15 bits per heavy atom. The first-order chi connectivity index (χ1) is 12.6. The van der Waals surface area contributed by atoms with Crippen molar-refractivity contribution < 1.29 is 14.3 Å². The molecule has 144 valence electrons. The molecule has 0 radical (unpaired) electrons. The second-order valence-electron chi connectivity index (χ2n) is 7.74. The van der Waals surface area contributed by atoms with Gasteiger partial charge in [-0.05, 0) is 62.1 Å². The third kappa shape index (κ3) is 3.83. The van der Waals surface area contributed by atoms with Gasteiger partial charge < -0.3 is 20.1 Å². The average molecular weight is 360 g/mol. The summed E-state index contributed by atoms with van der Waals surface area (Å²) in [7, 11) is 3.26. The van der Waals surface area contributed by atoms with Gasteiger partial charge in [0.25, 0.3) is 0 Å². The van der Waals surface area contributed by atoms with Crippen LogP contribution < -0.4 is 15.2 Å². The SMILES string of the molecule is CCN(Cc1ccc(OC)c(OC)c1)C(=O)C1CC2CCCC(C1)C2N. The summed E-state index contributed by atoms with van der Waals surface area (Å²) < 4.78 is 10.7. The number of hydrogen-bond donors (Lipinski definition) is 1. The number of nitrogens with two attached hydrogens (primary N) is 1. The van der Waals surface area contributed by atoms with Crippen molar-refractivity contribution >= 4 is 5.91 Å². The van der Waals surface area contributed by atoms with Gasteiger partial charge in [0.15, 0.2) is 11.5 Å². The number of hydrogen-bond acceptors (Lipinski definition) is 4. The van der Waals surface area contributed by atoms with Crippen molar-refractivity contribution in [2.45, 2.75) is 51.6 Å².